The second-order valence-electron chi connectivity index (χ2n) is 5.60. The van der Waals surface area contributed by atoms with Gasteiger partial charge in [-0.05, 0) is 71.4 Å². The second-order valence-corrected chi connectivity index (χ2v) is 7.96. The van der Waals surface area contributed by atoms with Crippen LogP contribution in [0.15, 0.2) is 53.2 Å². The van der Waals surface area contributed by atoms with Crippen molar-refractivity contribution >= 4 is 45.7 Å². The lowest BCUT2D eigenvalue weighted by Crippen LogP contribution is -2.42. The number of halogens is 1. The zero-order valence-electron chi connectivity index (χ0n) is 12.7. The molecule has 1 aliphatic rings. The maximum absolute atomic E-state index is 13.1. The Morgan fingerprint density at radius 3 is 2.71 bits per heavy atom. The number of thiophene rings is 2. The van der Waals surface area contributed by atoms with Gasteiger partial charge in [0.05, 0.1) is 6.04 Å². The standard InChI is InChI=1S/C18H15FN2S3/c19-12-3-5-13(6-4-12)20-18(22)21-9-7-15-14(8-11-24-15)17(21)16-2-1-10-23-16/h1-6,8,10-11,17H,7,9H2,(H,20,22)/t17-/m1/s1. The number of nitrogens with zero attached hydrogens (tertiary/aromatic N) is 1. The highest BCUT2D eigenvalue weighted by Gasteiger charge is 2.31. The molecule has 24 heavy (non-hydrogen) atoms. The molecule has 0 amide bonds. The summed E-state index contributed by atoms with van der Waals surface area (Å²) in [6, 6.07) is 12.9. The Morgan fingerprint density at radius 1 is 1.12 bits per heavy atom. The first-order chi connectivity index (χ1) is 11.7. The molecule has 0 spiro atoms. The molecule has 4 rings (SSSR count). The number of fused-ring (bicyclic) bond motifs is 1. The Labute approximate surface area is 153 Å². The van der Waals surface area contributed by atoms with Crippen molar-refractivity contribution in [2.75, 3.05) is 11.9 Å². The van der Waals surface area contributed by atoms with Crippen molar-refractivity contribution in [1.82, 2.24) is 4.90 Å². The van der Waals surface area contributed by atoms with Crippen molar-refractivity contribution in [3.8, 4) is 0 Å². The lowest BCUT2D eigenvalue weighted by molar-refractivity contribution is 0.351. The molecule has 3 heterocycles. The van der Waals surface area contributed by atoms with Gasteiger partial charge in [-0.15, -0.1) is 22.7 Å². The Bertz CT molecular complexity index is 840. The van der Waals surface area contributed by atoms with Crippen LogP contribution in [0.25, 0.3) is 0 Å². The molecule has 2 aromatic heterocycles. The average Bonchev–Trinajstić information content (AvgIpc) is 3.27. The fraction of sp³-hybridized carbons (Fsp3) is 0.167. The molecule has 1 aliphatic heterocycles. The summed E-state index contributed by atoms with van der Waals surface area (Å²) < 4.78 is 13.1. The Kier molecular flexibility index (Phi) is 4.35. The van der Waals surface area contributed by atoms with E-state index < -0.39 is 0 Å². The molecular weight excluding hydrogens is 359 g/mol. The highest BCUT2D eigenvalue weighted by atomic mass is 32.1. The zero-order valence-corrected chi connectivity index (χ0v) is 15.2. The van der Waals surface area contributed by atoms with E-state index in [4.69, 9.17) is 12.2 Å². The van der Waals surface area contributed by atoms with Crippen LogP contribution in [-0.4, -0.2) is 16.6 Å². The fourth-order valence-electron chi connectivity index (χ4n) is 3.02. The van der Waals surface area contributed by atoms with E-state index in [1.807, 2.05) is 11.3 Å². The molecule has 122 valence electrons. The third-order valence-electron chi connectivity index (χ3n) is 4.13. The number of thiocarbonyl (C=S) groups is 1. The third kappa shape index (κ3) is 2.97. The van der Waals surface area contributed by atoms with E-state index in [1.165, 1.54) is 27.5 Å². The van der Waals surface area contributed by atoms with Crippen LogP contribution in [-0.2, 0) is 6.42 Å². The van der Waals surface area contributed by atoms with Crippen LogP contribution in [0.5, 0.6) is 0 Å². The van der Waals surface area contributed by atoms with Crippen LogP contribution < -0.4 is 5.32 Å². The van der Waals surface area contributed by atoms with Gasteiger partial charge in [0.2, 0.25) is 0 Å². The quantitative estimate of drug-likeness (QED) is 0.613. The van der Waals surface area contributed by atoms with Crippen molar-refractivity contribution in [3.63, 3.8) is 0 Å². The molecule has 0 bridgehead atoms. The van der Waals surface area contributed by atoms with Crippen molar-refractivity contribution in [3.05, 3.63) is 74.4 Å². The second kappa shape index (κ2) is 6.63. The number of benzene rings is 1. The van der Waals surface area contributed by atoms with E-state index in [9.17, 15) is 4.39 Å². The van der Waals surface area contributed by atoms with Crippen molar-refractivity contribution in [2.24, 2.45) is 0 Å². The van der Waals surface area contributed by atoms with Crippen molar-refractivity contribution in [1.29, 1.82) is 0 Å². The predicted octanol–water partition coefficient (Wildman–Crippen LogP) is 5.29. The molecule has 3 aromatic rings. The van der Waals surface area contributed by atoms with E-state index in [0.29, 0.717) is 5.11 Å². The zero-order chi connectivity index (χ0) is 16.5. The van der Waals surface area contributed by atoms with E-state index in [0.717, 1.165) is 18.7 Å². The summed E-state index contributed by atoms with van der Waals surface area (Å²) in [5, 5.41) is 8.19. The predicted molar refractivity (Wildman–Crippen MR) is 104 cm³/mol. The van der Waals surface area contributed by atoms with Gasteiger partial charge < -0.3 is 10.2 Å². The van der Waals surface area contributed by atoms with Crippen LogP contribution >= 0.6 is 34.9 Å². The molecule has 6 heteroatoms. The summed E-state index contributed by atoms with van der Waals surface area (Å²) in [7, 11) is 0. The lowest BCUT2D eigenvalue weighted by Gasteiger charge is -2.37. The topological polar surface area (TPSA) is 15.3 Å². The summed E-state index contributed by atoms with van der Waals surface area (Å²) in [6.45, 7) is 0.878. The molecule has 0 unspecified atom stereocenters. The van der Waals surface area contributed by atoms with Crippen LogP contribution in [0, 0.1) is 5.82 Å². The summed E-state index contributed by atoms with van der Waals surface area (Å²) in [4.78, 5) is 4.96. The molecule has 1 atom stereocenters. The maximum atomic E-state index is 13.1. The largest absolute Gasteiger partial charge is 0.337 e. The lowest BCUT2D eigenvalue weighted by atomic mass is 9.99. The first-order valence-electron chi connectivity index (χ1n) is 7.65. The van der Waals surface area contributed by atoms with E-state index in [-0.39, 0.29) is 11.9 Å². The summed E-state index contributed by atoms with van der Waals surface area (Å²) >= 11 is 9.24. The van der Waals surface area contributed by atoms with E-state index >= 15 is 0 Å². The third-order valence-corrected chi connectivity index (χ3v) is 6.39. The van der Waals surface area contributed by atoms with Crippen LogP contribution in [0.1, 0.15) is 21.4 Å². The molecule has 1 N–H and O–H groups in total. The van der Waals surface area contributed by atoms with Gasteiger partial charge in [0.15, 0.2) is 5.11 Å². The number of anilines is 1. The van der Waals surface area contributed by atoms with Crippen LogP contribution in [0.4, 0.5) is 10.1 Å². The summed E-state index contributed by atoms with van der Waals surface area (Å²) in [5.41, 5.74) is 2.15. The van der Waals surface area contributed by atoms with Gasteiger partial charge in [0.25, 0.3) is 0 Å². The SMILES string of the molecule is Fc1ccc(NC(=S)N2CCc3sccc3[C@@H]2c2cccs2)cc1. The highest BCUT2D eigenvalue weighted by Crippen LogP contribution is 2.39. The van der Waals surface area contributed by atoms with Crippen molar-refractivity contribution in [2.45, 2.75) is 12.5 Å². The number of rotatable bonds is 2. The molecule has 0 fully saturated rings. The molecule has 1 aromatic carbocycles. The molecule has 0 saturated heterocycles. The molecule has 2 nitrogen and oxygen atoms in total. The first-order valence-corrected chi connectivity index (χ1v) is 9.82. The fourth-order valence-corrected chi connectivity index (χ4v) is 5.09. The summed E-state index contributed by atoms with van der Waals surface area (Å²) in [6.07, 6.45) is 1.00. The Morgan fingerprint density at radius 2 is 1.96 bits per heavy atom. The van der Waals surface area contributed by atoms with Gasteiger partial charge >= 0.3 is 0 Å². The monoisotopic (exact) mass is 374 g/mol. The number of nitrogens with one attached hydrogen (secondary N) is 1. The normalized spacial score (nSPS) is 16.7. The number of hydrogen-bond acceptors (Lipinski definition) is 3. The minimum atomic E-state index is -0.246. The highest BCUT2D eigenvalue weighted by molar-refractivity contribution is 7.80. The first kappa shape index (κ1) is 15.7. The number of hydrogen-bond donors (Lipinski definition) is 1. The minimum Gasteiger partial charge on any atom is -0.337 e. The van der Waals surface area contributed by atoms with Gasteiger partial charge in [-0.25, -0.2) is 4.39 Å². The molecular formula is C18H15FN2S3. The Balaban J connectivity index is 1.63. The minimum absolute atomic E-state index is 0.153. The average molecular weight is 375 g/mol. The van der Waals surface area contributed by atoms with E-state index in [2.05, 4.69) is 39.2 Å². The van der Waals surface area contributed by atoms with Gasteiger partial charge in [-0.2, -0.15) is 0 Å². The molecule has 0 radical (unpaired) electrons. The van der Waals surface area contributed by atoms with Gasteiger partial charge in [-0.3, -0.25) is 0 Å². The van der Waals surface area contributed by atoms with E-state index in [1.54, 1.807) is 23.5 Å². The summed E-state index contributed by atoms with van der Waals surface area (Å²) in [5.74, 6) is -0.246. The Hall–Kier alpha value is -1.76. The van der Waals surface area contributed by atoms with Gasteiger partial charge in [-0.1, -0.05) is 6.07 Å². The van der Waals surface area contributed by atoms with Crippen LogP contribution in [0.2, 0.25) is 0 Å². The molecule has 0 aliphatic carbocycles. The van der Waals surface area contributed by atoms with Crippen molar-refractivity contribution < 1.29 is 4.39 Å². The smallest absolute Gasteiger partial charge is 0.174 e. The molecule has 0 saturated carbocycles. The van der Waals surface area contributed by atoms with Crippen LogP contribution in [0.3, 0.4) is 0 Å². The van der Waals surface area contributed by atoms with Gasteiger partial charge in [0.1, 0.15) is 5.82 Å². The maximum Gasteiger partial charge on any atom is 0.174 e. The van der Waals surface area contributed by atoms with Gasteiger partial charge in [0, 0.05) is 22.0 Å².